The van der Waals surface area contributed by atoms with Crippen molar-refractivity contribution in [1.82, 2.24) is 5.32 Å². The first-order valence-corrected chi connectivity index (χ1v) is 3.89. The maximum absolute atomic E-state index is 11.0. The minimum Gasteiger partial charge on any atom is -0.359 e. The highest BCUT2D eigenvalue weighted by Crippen LogP contribution is 2.13. The normalized spacial score (nSPS) is 9.31. The molecule has 0 aliphatic carbocycles. The highest BCUT2D eigenvalue weighted by atomic mass is 16.3. The smallest absolute Gasteiger partial charge is 0.224 e. The van der Waals surface area contributed by atoms with Crippen molar-refractivity contribution in [1.29, 1.82) is 0 Å². The molecule has 0 unspecified atom stereocenters. The van der Waals surface area contributed by atoms with E-state index in [-0.39, 0.29) is 12.3 Å². The molecule has 0 aliphatic heterocycles. The van der Waals surface area contributed by atoms with Gasteiger partial charge >= 0.3 is 0 Å². The first-order valence-electron chi connectivity index (χ1n) is 3.89. The molecule has 1 amide bonds. The number of hydrogen-bond acceptors (Lipinski definition) is 3. The minimum atomic E-state index is -0.0805. The predicted molar refractivity (Wildman–Crippen MR) is 49.7 cm³/mol. The van der Waals surface area contributed by atoms with E-state index in [1.807, 2.05) is 0 Å². The molecule has 0 saturated heterocycles. The van der Waals surface area contributed by atoms with Gasteiger partial charge in [-0.2, -0.15) is 0 Å². The fourth-order valence-corrected chi connectivity index (χ4v) is 0.997. The third-order valence-electron chi connectivity index (χ3n) is 1.66. The largest absolute Gasteiger partial charge is 0.359 e. The molecule has 4 nitrogen and oxygen atoms in total. The molecule has 0 aliphatic rings. The van der Waals surface area contributed by atoms with Crippen LogP contribution in [0.1, 0.15) is 5.56 Å². The number of hydrogen-bond donors (Lipinski definition) is 1. The maximum atomic E-state index is 11.0. The molecule has 0 fully saturated rings. The zero-order chi connectivity index (χ0) is 9.68. The summed E-state index contributed by atoms with van der Waals surface area (Å²) < 4.78 is 0. The molecule has 1 N–H and O–H groups in total. The third-order valence-corrected chi connectivity index (χ3v) is 1.66. The molecule has 1 aromatic rings. The van der Waals surface area contributed by atoms with Gasteiger partial charge in [-0.1, -0.05) is 12.1 Å². The van der Waals surface area contributed by atoms with E-state index in [1.54, 1.807) is 31.3 Å². The topological polar surface area (TPSA) is 58.5 Å². The second-order valence-corrected chi connectivity index (χ2v) is 2.61. The lowest BCUT2D eigenvalue weighted by Gasteiger charge is -1.99. The average Bonchev–Trinajstić information content (AvgIpc) is 2.18. The highest BCUT2D eigenvalue weighted by molar-refractivity contribution is 5.78. The Morgan fingerprint density at radius 3 is 2.92 bits per heavy atom. The zero-order valence-electron chi connectivity index (χ0n) is 7.28. The Morgan fingerprint density at radius 2 is 2.31 bits per heavy atom. The van der Waals surface area contributed by atoms with Crippen molar-refractivity contribution in [2.75, 3.05) is 7.05 Å². The molecule has 68 valence electrons. The number of benzene rings is 1. The lowest BCUT2D eigenvalue weighted by molar-refractivity contribution is -0.119. The number of nitroso groups, excluding NO2 is 1. The third kappa shape index (κ3) is 2.66. The summed E-state index contributed by atoms with van der Waals surface area (Å²) >= 11 is 0. The van der Waals surface area contributed by atoms with E-state index in [4.69, 9.17) is 0 Å². The average molecular weight is 178 g/mol. The van der Waals surface area contributed by atoms with Crippen molar-refractivity contribution in [2.45, 2.75) is 6.42 Å². The van der Waals surface area contributed by atoms with Crippen LogP contribution in [0.15, 0.2) is 29.4 Å². The summed E-state index contributed by atoms with van der Waals surface area (Å²) in [6.45, 7) is 0. The van der Waals surface area contributed by atoms with Crippen LogP contribution in [-0.2, 0) is 11.2 Å². The van der Waals surface area contributed by atoms with E-state index in [0.717, 1.165) is 5.56 Å². The van der Waals surface area contributed by atoms with Gasteiger partial charge in [0, 0.05) is 7.05 Å². The van der Waals surface area contributed by atoms with Gasteiger partial charge in [-0.3, -0.25) is 4.79 Å². The molecule has 1 aromatic carbocycles. The fraction of sp³-hybridized carbons (Fsp3) is 0.222. The van der Waals surface area contributed by atoms with E-state index in [9.17, 15) is 9.70 Å². The van der Waals surface area contributed by atoms with Gasteiger partial charge in [0.15, 0.2) is 0 Å². The molecular formula is C9H10N2O2. The lowest BCUT2D eigenvalue weighted by Crippen LogP contribution is -2.19. The Balaban J connectivity index is 2.77. The quantitative estimate of drug-likeness (QED) is 0.710. The van der Waals surface area contributed by atoms with Crippen molar-refractivity contribution >= 4 is 11.6 Å². The summed E-state index contributed by atoms with van der Waals surface area (Å²) in [5, 5.41) is 5.29. The summed E-state index contributed by atoms with van der Waals surface area (Å²) in [6, 6.07) is 6.68. The predicted octanol–water partition coefficient (Wildman–Crippen LogP) is 1.37. The Kier molecular flexibility index (Phi) is 3.14. The van der Waals surface area contributed by atoms with Gasteiger partial charge in [0.05, 0.1) is 6.42 Å². The van der Waals surface area contributed by atoms with Crippen LogP contribution in [0.5, 0.6) is 0 Å². The van der Waals surface area contributed by atoms with E-state index in [0.29, 0.717) is 5.69 Å². The maximum Gasteiger partial charge on any atom is 0.224 e. The number of carbonyl (C=O) groups is 1. The Morgan fingerprint density at radius 1 is 1.54 bits per heavy atom. The zero-order valence-corrected chi connectivity index (χ0v) is 7.28. The van der Waals surface area contributed by atoms with Crippen LogP contribution in [0.4, 0.5) is 5.69 Å². The van der Waals surface area contributed by atoms with E-state index in [1.165, 1.54) is 0 Å². The van der Waals surface area contributed by atoms with Crippen LogP contribution in [-0.4, -0.2) is 13.0 Å². The number of nitrogens with one attached hydrogen (secondary N) is 1. The van der Waals surface area contributed by atoms with Gasteiger partial charge in [-0.25, -0.2) is 0 Å². The first kappa shape index (κ1) is 9.38. The molecule has 0 bridgehead atoms. The van der Waals surface area contributed by atoms with Crippen molar-refractivity contribution in [3.05, 3.63) is 34.7 Å². The fourth-order valence-electron chi connectivity index (χ4n) is 0.997. The molecule has 0 heterocycles. The highest BCUT2D eigenvalue weighted by Gasteiger charge is 2.01. The van der Waals surface area contributed by atoms with Crippen LogP contribution in [0.2, 0.25) is 0 Å². The van der Waals surface area contributed by atoms with Gasteiger partial charge in [-0.05, 0) is 22.9 Å². The van der Waals surface area contributed by atoms with Crippen LogP contribution in [0, 0.1) is 4.91 Å². The molecule has 0 atom stereocenters. The van der Waals surface area contributed by atoms with E-state index >= 15 is 0 Å². The van der Waals surface area contributed by atoms with E-state index < -0.39 is 0 Å². The minimum absolute atomic E-state index is 0.0805. The molecule has 0 spiro atoms. The number of nitrogens with zero attached hydrogens (tertiary/aromatic N) is 1. The molecule has 4 heteroatoms. The van der Waals surface area contributed by atoms with Crippen LogP contribution < -0.4 is 5.32 Å². The number of likely N-dealkylation sites (N-methyl/N-ethyl adjacent to an activating group) is 1. The summed E-state index contributed by atoms with van der Waals surface area (Å²) in [5.74, 6) is -0.0805. The number of amides is 1. The second kappa shape index (κ2) is 4.35. The first-order chi connectivity index (χ1) is 6.26. The number of carbonyl (C=O) groups excluding carboxylic acids is 1. The van der Waals surface area contributed by atoms with E-state index in [2.05, 4.69) is 10.5 Å². The van der Waals surface area contributed by atoms with Crippen molar-refractivity contribution < 1.29 is 4.79 Å². The lowest BCUT2D eigenvalue weighted by atomic mass is 10.1. The molecule has 0 aromatic heterocycles. The molecule has 13 heavy (non-hydrogen) atoms. The van der Waals surface area contributed by atoms with Crippen molar-refractivity contribution in [3.8, 4) is 0 Å². The molecule has 0 radical (unpaired) electrons. The van der Waals surface area contributed by atoms with Crippen molar-refractivity contribution in [3.63, 3.8) is 0 Å². The standard InChI is InChI=1S/C9H10N2O2/c1-10-9(12)6-7-3-2-4-8(5-7)11-13/h2-5H,6H2,1H3,(H,10,12). The van der Waals surface area contributed by atoms with Crippen molar-refractivity contribution in [2.24, 2.45) is 5.18 Å². The van der Waals surface area contributed by atoms with Gasteiger partial charge in [0.2, 0.25) is 5.91 Å². The van der Waals surface area contributed by atoms with Crippen LogP contribution in [0.3, 0.4) is 0 Å². The Hall–Kier alpha value is -1.71. The van der Waals surface area contributed by atoms with Gasteiger partial charge in [0.25, 0.3) is 0 Å². The summed E-state index contributed by atoms with van der Waals surface area (Å²) in [4.78, 5) is 21.1. The van der Waals surface area contributed by atoms with Gasteiger partial charge in [-0.15, -0.1) is 4.91 Å². The SMILES string of the molecule is CNC(=O)Cc1cccc(N=O)c1. The summed E-state index contributed by atoms with van der Waals surface area (Å²) in [5.41, 5.74) is 1.14. The Bertz CT molecular complexity index is 323. The second-order valence-electron chi connectivity index (χ2n) is 2.61. The Labute approximate surface area is 75.9 Å². The van der Waals surface area contributed by atoms with Crippen LogP contribution >= 0.6 is 0 Å². The monoisotopic (exact) mass is 178 g/mol. The molecule has 0 saturated carbocycles. The summed E-state index contributed by atoms with van der Waals surface area (Å²) in [6.07, 6.45) is 0.278. The molecular weight excluding hydrogens is 168 g/mol. The van der Waals surface area contributed by atoms with Gasteiger partial charge < -0.3 is 5.32 Å². The van der Waals surface area contributed by atoms with Gasteiger partial charge in [0.1, 0.15) is 5.69 Å². The van der Waals surface area contributed by atoms with Crippen LogP contribution in [0.25, 0.3) is 0 Å². The number of rotatable bonds is 3. The summed E-state index contributed by atoms with van der Waals surface area (Å²) in [7, 11) is 1.57. The molecule has 1 rings (SSSR count).